The molecule has 2 aromatic carbocycles. The van der Waals surface area contributed by atoms with Gasteiger partial charge in [0.1, 0.15) is 0 Å². The molecular weight excluding hydrogens is 208 g/mol. The van der Waals surface area contributed by atoms with Crippen LogP contribution in [-0.2, 0) is 11.3 Å². The molecule has 0 N–H and O–H groups in total. The van der Waals surface area contributed by atoms with E-state index < -0.39 is 0 Å². The van der Waals surface area contributed by atoms with Crippen molar-refractivity contribution in [2.24, 2.45) is 0 Å². The molecule has 17 heavy (non-hydrogen) atoms. The van der Waals surface area contributed by atoms with Crippen LogP contribution in [-0.4, -0.2) is 0 Å². The Labute approximate surface area is 103 Å². The highest BCUT2D eigenvalue weighted by molar-refractivity contribution is 5.24. The fraction of sp³-hybridized carbons (Fsp3) is 0.250. The molecule has 2 rings (SSSR count). The van der Waals surface area contributed by atoms with Crippen LogP contribution in [0.25, 0.3) is 0 Å². The molecule has 0 radical (unpaired) electrons. The molecule has 0 aliphatic heterocycles. The van der Waals surface area contributed by atoms with Crippen molar-refractivity contribution in [3.05, 3.63) is 71.3 Å². The van der Waals surface area contributed by atoms with E-state index in [1.165, 1.54) is 16.7 Å². The lowest BCUT2D eigenvalue weighted by Gasteiger charge is -2.14. The molecule has 0 aliphatic carbocycles. The van der Waals surface area contributed by atoms with Crippen molar-refractivity contribution < 1.29 is 4.74 Å². The summed E-state index contributed by atoms with van der Waals surface area (Å²) in [5.41, 5.74) is 3.73. The summed E-state index contributed by atoms with van der Waals surface area (Å²) < 4.78 is 5.87. The highest BCUT2D eigenvalue weighted by atomic mass is 16.5. The summed E-state index contributed by atoms with van der Waals surface area (Å²) >= 11 is 0. The third-order valence-electron chi connectivity index (χ3n) is 2.85. The van der Waals surface area contributed by atoms with Crippen molar-refractivity contribution in [2.45, 2.75) is 26.6 Å². The number of hydrogen-bond acceptors (Lipinski definition) is 1. The Kier molecular flexibility index (Phi) is 3.94. The molecule has 0 heterocycles. The van der Waals surface area contributed by atoms with Gasteiger partial charge < -0.3 is 4.74 Å². The molecule has 1 atom stereocenters. The van der Waals surface area contributed by atoms with Gasteiger partial charge in [-0.25, -0.2) is 0 Å². The Morgan fingerprint density at radius 3 is 2.47 bits per heavy atom. The van der Waals surface area contributed by atoms with E-state index in [1.807, 2.05) is 18.2 Å². The number of ether oxygens (including phenoxy) is 1. The van der Waals surface area contributed by atoms with Crippen molar-refractivity contribution in [1.29, 1.82) is 0 Å². The largest absolute Gasteiger partial charge is 0.369 e. The van der Waals surface area contributed by atoms with Gasteiger partial charge in [0, 0.05) is 0 Å². The minimum Gasteiger partial charge on any atom is -0.369 e. The van der Waals surface area contributed by atoms with Gasteiger partial charge in [-0.2, -0.15) is 0 Å². The number of hydrogen-bond donors (Lipinski definition) is 0. The minimum absolute atomic E-state index is 0.134. The Bertz CT molecular complexity index is 462. The lowest BCUT2D eigenvalue weighted by molar-refractivity contribution is 0.0525. The van der Waals surface area contributed by atoms with E-state index in [0.717, 1.165) is 0 Å². The molecule has 0 bridgehead atoms. The highest BCUT2D eigenvalue weighted by Crippen LogP contribution is 2.19. The summed E-state index contributed by atoms with van der Waals surface area (Å²) in [6.45, 7) is 4.86. The van der Waals surface area contributed by atoms with Crippen molar-refractivity contribution in [2.75, 3.05) is 0 Å². The van der Waals surface area contributed by atoms with Gasteiger partial charge in [-0.1, -0.05) is 60.2 Å². The van der Waals surface area contributed by atoms with Gasteiger partial charge in [-0.3, -0.25) is 0 Å². The second-order valence-corrected chi connectivity index (χ2v) is 4.35. The maximum atomic E-state index is 5.87. The van der Waals surface area contributed by atoms with Crippen LogP contribution in [0, 0.1) is 6.92 Å². The fourth-order valence-corrected chi connectivity index (χ4v) is 1.81. The zero-order valence-electron chi connectivity index (χ0n) is 10.4. The van der Waals surface area contributed by atoms with Crippen LogP contribution in [0.5, 0.6) is 0 Å². The lowest BCUT2D eigenvalue weighted by Crippen LogP contribution is -2.00. The zero-order chi connectivity index (χ0) is 12.1. The van der Waals surface area contributed by atoms with E-state index >= 15 is 0 Å². The van der Waals surface area contributed by atoms with E-state index in [9.17, 15) is 0 Å². The molecule has 0 saturated carbocycles. The van der Waals surface area contributed by atoms with Crippen LogP contribution in [0.4, 0.5) is 0 Å². The highest BCUT2D eigenvalue weighted by Gasteiger charge is 2.05. The molecule has 1 heteroatoms. The predicted octanol–water partition coefficient (Wildman–Crippen LogP) is 4.27. The topological polar surface area (TPSA) is 9.23 Å². The normalized spacial score (nSPS) is 12.4. The molecule has 2 aromatic rings. The lowest BCUT2D eigenvalue weighted by atomic mass is 10.1. The molecular formula is C16H18O. The molecule has 88 valence electrons. The van der Waals surface area contributed by atoms with E-state index in [1.54, 1.807) is 0 Å². The van der Waals surface area contributed by atoms with Crippen LogP contribution < -0.4 is 0 Å². The molecule has 1 nitrogen and oxygen atoms in total. The third-order valence-corrected chi connectivity index (χ3v) is 2.85. The molecule has 0 aliphatic rings. The number of rotatable bonds is 4. The summed E-state index contributed by atoms with van der Waals surface area (Å²) in [6, 6.07) is 18.7. The Hall–Kier alpha value is -1.60. The third kappa shape index (κ3) is 3.43. The Morgan fingerprint density at radius 2 is 1.76 bits per heavy atom. The van der Waals surface area contributed by atoms with Crippen molar-refractivity contribution >= 4 is 0 Å². The summed E-state index contributed by atoms with van der Waals surface area (Å²) in [4.78, 5) is 0. The van der Waals surface area contributed by atoms with Crippen LogP contribution in [0.15, 0.2) is 54.6 Å². The summed E-state index contributed by atoms with van der Waals surface area (Å²) in [5.74, 6) is 0. The first-order chi connectivity index (χ1) is 8.25. The summed E-state index contributed by atoms with van der Waals surface area (Å²) in [7, 11) is 0. The Morgan fingerprint density at radius 1 is 1.00 bits per heavy atom. The second-order valence-electron chi connectivity index (χ2n) is 4.35. The summed E-state index contributed by atoms with van der Waals surface area (Å²) in [6.07, 6.45) is 0.134. The van der Waals surface area contributed by atoms with Gasteiger partial charge >= 0.3 is 0 Å². The van der Waals surface area contributed by atoms with Crippen LogP contribution >= 0.6 is 0 Å². The molecule has 0 aromatic heterocycles. The van der Waals surface area contributed by atoms with Gasteiger partial charge in [0.05, 0.1) is 12.7 Å². The van der Waals surface area contributed by atoms with Gasteiger partial charge in [-0.05, 0) is 25.0 Å². The average molecular weight is 226 g/mol. The first-order valence-corrected chi connectivity index (χ1v) is 5.98. The fourth-order valence-electron chi connectivity index (χ4n) is 1.81. The van der Waals surface area contributed by atoms with Crippen LogP contribution in [0.2, 0.25) is 0 Å². The van der Waals surface area contributed by atoms with E-state index in [0.29, 0.717) is 6.61 Å². The second kappa shape index (κ2) is 5.65. The van der Waals surface area contributed by atoms with Gasteiger partial charge in [0.2, 0.25) is 0 Å². The predicted molar refractivity (Wildman–Crippen MR) is 70.8 cm³/mol. The molecule has 0 amide bonds. The summed E-state index contributed by atoms with van der Waals surface area (Å²) in [5, 5.41) is 0. The minimum atomic E-state index is 0.134. The molecule has 0 saturated heterocycles. The van der Waals surface area contributed by atoms with E-state index in [-0.39, 0.29) is 6.10 Å². The SMILES string of the molecule is Cc1cccc(C(C)OCc2ccccc2)c1. The van der Waals surface area contributed by atoms with Crippen molar-refractivity contribution in [1.82, 2.24) is 0 Å². The number of benzene rings is 2. The van der Waals surface area contributed by atoms with Gasteiger partial charge in [0.15, 0.2) is 0 Å². The van der Waals surface area contributed by atoms with E-state index in [2.05, 4.69) is 50.2 Å². The van der Waals surface area contributed by atoms with Crippen LogP contribution in [0.1, 0.15) is 29.7 Å². The first kappa shape index (κ1) is 11.9. The van der Waals surface area contributed by atoms with Crippen molar-refractivity contribution in [3.63, 3.8) is 0 Å². The van der Waals surface area contributed by atoms with E-state index in [4.69, 9.17) is 4.74 Å². The molecule has 0 spiro atoms. The average Bonchev–Trinajstić information content (AvgIpc) is 2.37. The maximum absolute atomic E-state index is 5.87. The number of aryl methyl sites for hydroxylation is 1. The zero-order valence-corrected chi connectivity index (χ0v) is 10.4. The van der Waals surface area contributed by atoms with Crippen molar-refractivity contribution in [3.8, 4) is 0 Å². The smallest absolute Gasteiger partial charge is 0.0801 e. The van der Waals surface area contributed by atoms with Crippen LogP contribution in [0.3, 0.4) is 0 Å². The standard InChI is InChI=1S/C16H18O/c1-13-7-6-10-16(11-13)14(2)17-12-15-8-4-3-5-9-15/h3-11,14H,12H2,1-2H3. The van der Waals surface area contributed by atoms with Gasteiger partial charge in [-0.15, -0.1) is 0 Å². The first-order valence-electron chi connectivity index (χ1n) is 5.98. The molecule has 0 fully saturated rings. The quantitative estimate of drug-likeness (QED) is 0.756. The van der Waals surface area contributed by atoms with Gasteiger partial charge in [0.25, 0.3) is 0 Å². The Balaban J connectivity index is 1.96. The maximum Gasteiger partial charge on any atom is 0.0801 e. The molecule has 1 unspecified atom stereocenters. The monoisotopic (exact) mass is 226 g/mol.